The van der Waals surface area contributed by atoms with Crippen molar-refractivity contribution in [1.29, 1.82) is 5.26 Å². The van der Waals surface area contributed by atoms with Gasteiger partial charge in [-0.1, -0.05) is 18.2 Å². The lowest BCUT2D eigenvalue weighted by Crippen LogP contribution is -2.18. The minimum atomic E-state index is -3.58. The van der Waals surface area contributed by atoms with Crippen molar-refractivity contribution >= 4 is 38.2 Å². The molecule has 8 nitrogen and oxygen atoms in total. The molecule has 0 unspecified atom stereocenters. The van der Waals surface area contributed by atoms with Crippen molar-refractivity contribution in [1.82, 2.24) is 4.98 Å². The van der Waals surface area contributed by atoms with Crippen molar-refractivity contribution in [2.45, 2.75) is 0 Å². The minimum Gasteiger partial charge on any atom is -0.349 e. The molecule has 0 spiro atoms. The van der Waals surface area contributed by atoms with Gasteiger partial charge in [-0.15, -0.1) is 0 Å². The molecule has 3 rings (SSSR count). The molecule has 9 heteroatoms. The summed E-state index contributed by atoms with van der Waals surface area (Å²) in [4.78, 5) is 27.7. The fourth-order valence-electron chi connectivity index (χ4n) is 2.56. The van der Waals surface area contributed by atoms with Gasteiger partial charge in [0.05, 0.1) is 28.7 Å². The third-order valence-electron chi connectivity index (χ3n) is 3.70. The van der Waals surface area contributed by atoms with E-state index in [9.17, 15) is 18.0 Å². The molecule has 1 heterocycles. The number of fused-ring (bicyclic) bond motifs is 1. The van der Waals surface area contributed by atoms with E-state index in [1.54, 1.807) is 24.3 Å². The molecule has 0 atom stereocenters. The monoisotopic (exact) mass is 382 g/mol. The topological polar surface area (TPSA) is 132 Å². The quantitative estimate of drug-likeness (QED) is 0.635. The van der Waals surface area contributed by atoms with Crippen molar-refractivity contribution in [3.8, 4) is 6.07 Å². The standard InChI is InChI=1S/C18H14N4O4S/c1-27(25,26)22-14-8-4-6-12-16(23)9-15(20-17(12)14)18(24)21-13-7-3-2-5-11(13)10-19/h2-9,22H,1H3,(H,20,23)(H,21,24). The van der Waals surface area contributed by atoms with E-state index in [1.807, 2.05) is 6.07 Å². The number of amides is 1. The summed E-state index contributed by atoms with van der Waals surface area (Å²) in [7, 11) is -3.58. The van der Waals surface area contributed by atoms with E-state index in [0.717, 1.165) is 12.3 Å². The van der Waals surface area contributed by atoms with Crippen LogP contribution in [0.1, 0.15) is 16.1 Å². The average molecular weight is 382 g/mol. The summed E-state index contributed by atoms with van der Waals surface area (Å²) >= 11 is 0. The van der Waals surface area contributed by atoms with E-state index in [0.29, 0.717) is 5.69 Å². The van der Waals surface area contributed by atoms with Gasteiger partial charge in [0.25, 0.3) is 5.91 Å². The molecular weight excluding hydrogens is 368 g/mol. The number of nitriles is 1. The maximum absolute atomic E-state index is 12.5. The van der Waals surface area contributed by atoms with Gasteiger partial charge in [0.1, 0.15) is 11.8 Å². The van der Waals surface area contributed by atoms with E-state index in [4.69, 9.17) is 5.26 Å². The molecule has 1 aromatic heterocycles. The number of nitrogens with one attached hydrogen (secondary N) is 3. The van der Waals surface area contributed by atoms with Crippen LogP contribution >= 0.6 is 0 Å². The summed E-state index contributed by atoms with van der Waals surface area (Å²) in [5, 5.41) is 11.9. The smallest absolute Gasteiger partial charge is 0.272 e. The second-order valence-electron chi connectivity index (χ2n) is 5.76. The van der Waals surface area contributed by atoms with Crippen molar-refractivity contribution in [2.24, 2.45) is 0 Å². The summed E-state index contributed by atoms with van der Waals surface area (Å²) in [6.07, 6.45) is 0.985. The third-order valence-corrected chi connectivity index (χ3v) is 4.29. The lowest BCUT2D eigenvalue weighted by Gasteiger charge is -2.11. The molecule has 0 saturated carbocycles. The van der Waals surface area contributed by atoms with Crippen LogP contribution in [0.5, 0.6) is 0 Å². The maximum Gasteiger partial charge on any atom is 0.272 e. The molecule has 0 bridgehead atoms. The minimum absolute atomic E-state index is 0.0667. The zero-order valence-electron chi connectivity index (χ0n) is 14.1. The van der Waals surface area contributed by atoms with Gasteiger partial charge in [0, 0.05) is 11.5 Å². The van der Waals surface area contributed by atoms with Crippen molar-refractivity contribution in [3.63, 3.8) is 0 Å². The molecule has 1 amide bonds. The van der Waals surface area contributed by atoms with Crippen LogP contribution in [-0.2, 0) is 10.0 Å². The Morgan fingerprint density at radius 1 is 1.11 bits per heavy atom. The Bertz CT molecular complexity index is 1260. The molecule has 3 N–H and O–H groups in total. The van der Waals surface area contributed by atoms with Gasteiger partial charge in [-0.3, -0.25) is 14.3 Å². The maximum atomic E-state index is 12.5. The van der Waals surface area contributed by atoms with E-state index < -0.39 is 21.4 Å². The summed E-state index contributed by atoms with van der Waals surface area (Å²) in [5.41, 5.74) is 0.401. The third kappa shape index (κ3) is 3.96. The molecular formula is C18H14N4O4S. The Morgan fingerprint density at radius 2 is 1.81 bits per heavy atom. The molecule has 0 aliphatic carbocycles. The van der Waals surface area contributed by atoms with Crippen LogP contribution in [0.25, 0.3) is 10.9 Å². The molecule has 3 aromatic rings. The van der Waals surface area contributed by atoms with Crippen LogP contribution in [0.4, 0.5) is 11.4 Å². The highest BCUT2D eigenvalue weighted by Gasteiger charge is 2.14. The fraction of sp³-hybridized carbons (Fsp3) is 0.0556. The summed E-state index contributed by atoms with van der Waals surface area (Å²) in [6.45, 7) is 0. The Hall–Kier alpha value is -3.64. The average Bonchev–Trinajstić information content (AvgIpc) is 2.61. The number of hydrogen-bond donors (Lipinski definition) is 3. The number of H-pyrrole nitrogens is 1. The summed E-state index contributed by atoms with van der Waals surface area (Å²) in [6, 6.07) is 14.1. The molecule has 136 valence electrons. The number of sulfonamides is 1. The molecule has 0 aliphatic rings. The Kier molecular flexibility index (Phi) is 4.66. The van der Waals surface area contributed by atoms with Crippen molar-refractivity contribution < 1.29 is 13.2 Å². The number of carbonyl (C=O) groups excluding carboxylic acids is 1. The molecule has 2 aromatic carbocycles. The number of nitrogens with zero attached hydrogens (tertiary/aromatic N) is 1. The highest BCUT2D eigenvalue weighted by molar-refractivity contribution is 7.92. The van der Waals surface area contributed by atoms with Crippen LogP contribution in [-0.4, -0.2) is 25.6 Å². The lowest BCUT2D eigenvalue weighted by atomic mass is 10.1. The second-order valence-corrected chi connectivity index (χ2v) is 7.51. The number of hydrogen-bond acceptors (Lipinski definition) is 5. The Morgan fingerprint density at radius 3 is 2.52 bits per heavy atom. The van der Waals surface area contributed by atoms with Gasteiger partial charge in [0.15, 0.2) is 5.43 Å². The van der Waals surface area contributed by atoms with E-state index in [2.05, 4.69) is 15.0 Å². The fourth-order valence-corrected chi connectivity index (χ4v) is 3.13. The zero-order chi connectivity index (χ0) is 19.6. The van der Waals surface area contributed by atoms with Crippen LogP contribution in [0.15, 0.2) is 53.3 Å². The number of anilines is 2. The normalized spacial score (nSPS) is 11.0. The van der Waals surface area contributed by atoms with E-state index in [1.165, 1.54) is 18.2 Å². The summed E-state index contributed by atoms with van der Waals surface area (Å²) in [5.74, 6) is -0.633. The van der Waals surface area contributed by atoms with Crippen molar-refractivity contribution in [2.75, 3.05) is 16.3 Å². The predicted octanol–water partition coefficient (Wildman–Crippen LogP) is 2.02. The van der Waals surface area contributed by atoms with Crippen LogP contribution < -0.4 is 15.5 Å². The second kappa shape index (κ2) is 6.93. The highest BCUT2D eigenvalue weighted by atomic mass is 32.2. The number of pyridine rings is 1. The number of rotatable bonds is 4. The first-order chi connectivity index (χ1) is 12.8. The largest absolute Gasteiger partial charge is 0.349 e. The number of aromatic nitrogens is 1. The first-order valence-corrected chi connectivity index (χ1v) is 9.62. The van der Waals surface area contributed by atoms with Crippen LogP contribution in [0.2, 0.25) is 0 Å². The van der Waals surface area contributed by atoms with Gasteiger partial charge in [0.2, 0.25) is 10.0 Å². The predicted molar refractivity (Wildman–Crippen MR) is 102 cm³/mol. The zero-order valence-corrected chi connectivity index (χ0v) is 14.9. The first kappa shape index (κ1) is 18.2. The van der Waals surface area contributed by atoms with Gasteiger partial charge in [-0.25, -0.2) is 8.42 Å². The highest BCUT2D eigenvalue weighted by Crippen LogP contribution is 2.21. The molecule has 0 fully saturated rings. The van der Waals surface area contributed by atoms with E-state index in [-0.39, 0.29) is 27.8 Å². The lowest BCUT2D eigenvalue weighted by molar-refractivity contribution is 0.102. The number of benzene rings is 2. The number of para-hydroxylation sites is 2. The SMILES string of the molecule is CS(=O)(=O)Nc1cccc2c(=O)cc(C(=O)Nc3ccccc3C#N)[nH]c12. The number of carbonyl (C=O) groups is 1. The molecule has 0 aliphatic heterocycles. The summed E-state index contributed by atoms with van der Waals surface area (Å²) < 4.78 is 25.4. The van der Waals surface area contributed by atoms with Gasteiger partial charge < -0.3 is 10.3 Å². The molecule has 27 heavy (non-hydrogen) atoms. The van der Waals surface area contributed by atoms with Crippen LogP contribution in [0, 0.1) is 11.3 Å². The van der Waals surface area contributed by atoms with Gasteiger partial charge >= 0.3 is 0 Å². The molecule has 0 saturated heterocycles. The van der Waals surface area contributed by atoms with Crippen molar-refractivity contribution in [3.05, 3.63) is 70.0 Å². The Balaban J connectivity index is 2.07. The van der Waals surface area contributed by atoms with Crippen LogP contribution in [0.3, 0.4) is 0 Å². The van der Waals surface area contributed by atoms with Gasteiger partial charge in [-0.05, 0) is 24.3 Å². The van der Waals surface area contributed by atoms with E-state index >= 15 is 0 Å². The first-order valence-electron chi connectivity index (χ1n) is 7.73. The number of aromatic amines is 1. The van der Waals surface area contributed by atoms with Gasteiger partial charge in [-0.2, -0.15) is 5.26 Å². The molecule has 0 radical (unpaired) electrons. The Labute approximate surface area is 154 Å².